The molecule has 1 aromatic carbocycles. The first-order valence-electron chi connectivity index (χ1n) is 9.05. The molecule has 2 rings (SSSR count). The smallest absolute Gasteiger partial charge is 0.238 e. The number of nitrogens with two attached hydrogens (primary N) is 1. The molecule has 11 heteroatoms. The van der Waals surface area contributed by atoms with Crippen LogP contribution < -0.4 is 15.4 Å². The van der Waals surface area contributed by atoms with Gasteiger partial charge in [-0.1, -0.05) is 6.92 Å². The first kappa shape index (κ1) is 22.6. The highest BCUT2D eigenvalue weighted by molar-refractivity contribution is 7.91. The van der Waals surface area contributed by atoms with Crippen LogP contribution in [-0.2, 0) is 24.7 Å². The second-order valence-corrected chi connectivity index (χ2v) is 10.6. The number of sulfonamides is 1. The lowest BCUT2D eigenvalue weighted by Crippen LogP contribution is -2.50. The van der Waals surface area contributed by atoms with E-state index in [4.69, 9.17) is 5.14 Å². The number of rotatable bonds is 7. The molecule has 1 aliphatic rings. The summed E-state index contributed by atoms with van der Waals surface area (Å²) in [5.41, 5.74) is 0.443. The maximum absolute atomic E-state index is 12.2. The molecule has 0 aromatic heterocycles. The SMILES string of the molecule is CCC(C)NC(=O)CN1CCN(c2ccc(S(N)(=O)=O)cc2S(C)(=O)=O)CC1. The molecular weight excluding hydrogens is 404 g/mol. The zero-order valence-corrected chi connectivity index (χ0v) is 18.0. The van der Waals surface area contributed by atoms with Gasteiger partial charge >= 0.3 is 0 Å². The van der Waals surface area contributed by atoms with E-state index >= 15 is 0 Å². The Labute approximate surface area is 166 Å². The van der Waals surface area contributed by atoms with Crippen LogP contribution in [0.2, 0.25) is 0 Å². The highest BCUT2D eigenvalue weighted by Crippen LogP contribution is 2.28. The van der Waals surface area contributed by atoms with E-state index in [0.29, 0.717) is 38.4 Å². The number of hydrogen-bond acceptors (Lipinski definition) is 7. The molecule has 0 spiro atoms. The van der Waals surface area contributed by atoms with Gasteiger partial charge in [0.2, 0.25) is 15.9 Å². The van der Waals surface area contributed by atoms with Crippen molar-refractivity contribution >= 4 is 31.5 Å². The third-order valence-corrected chi connectivity index (χ3v) is 6.80. The molecule has 1 fully saturated rings. The standard InChI is InChI=1S/C17H28N4O5S2/c1-4-13(2)19-17(22)12-20-7-9-21(10-8-20)15-6-5-14(28(18,25)26)11-16(15)27(3,23)24/h5-6,11,13H,4,7-10,12H2,1-3H3,(H,19,22)(H2,18,25,26). The van der Waals surface area contributed by atoms with Gasteiger partial charge in [0, 0.05) is 38.5 Å². The minimum absolute atomic E-state index is 0.0304. The monoisotopic (exact) mass is 432 g/mol. The number of carbonyl (C=O) groups excluding carboxylic acids is 1. The number of primary sulfonamides is 1. The number of nitrogens with one attached hydrogen (secondary N) is 1. The Kier molecular flexibility index (Phi) is 7.07. The molecule has 0 bridgehead atoms. The number of nitrogens with zero attached hydrogens (tertiary/aromatic N) is 2. The minimum atomic E-state index is -4.00. The Morgan fingerprint density at radius 2 is 1.79 bits per heavy atom. The van der Waals surface area contributed by atoms with Gasteiger partial charge in [0.25, 0.3) is 0 Å². The van der Waals surface area contributed by atoms with Crippen molar-refractivity contribution in [2.24, 2.45) is 5.14 Å². The lowest BCUT2D eigenvalue weighted by Gasteiger charge is -2.36. The van der Waals surface area contributed by atoms with Crippen LogP contribution in [0.4, 0.5) is 5.69 Å². The second-order valence-electron chi connectivity index (χ2n) is 7.09. The van der Waals surface area contributed by atoms with E-state index in [1.54, 1.807) is 0 Å². The highest BCUT2D eigenvalue weighted by Gasteiger charge is 2.25. The number of hydrogen-bond donors (Lipinski definition) is 2. The largest absolute Gasteiger partial charge is 0.368 e. The summed E-state index contributed by atoms with van der Waals surface area (Å²) < 4.78 is 47.5. The molecule has 0 aliphatic carbocycles. The summed E-state index contributed by atoms with van der Waals surface area (Å²) in [6.07, 6.45) is 1.90. The van der Waals surface area contributed by atoms with Crippen LogP contribution in [0.15, 0.2) is 28.0 Å². The predicted octanol–water partition coefficient (Wildman–Crippen LogP) is -0.226. The summed E-state index contributed by atoms with van der Waals surface area (Å²) in [5.74, 6) is -0.0304. The lowest BCUT2D eigenvalue weighted by molar-refractivity contribution is -0.122. The van der Waals surface area contributed by atoms with E-state index in [9.17, 15) is 21.6 Å². The summed E-state index contributed by atoms with van der Waals surface area (Å²) >= 11 is 0. The average molecular weight is 433 g/mol. The van der Waals surface area contributed by atoms with E-state index in [1.165, 1.54) is 12.1 Å². The molecule has 1 aliphatic heterocycles. The molecule has 158 valence electrons. The van der Waals surface area contributed by atoms with Gasteiger partial charge in [0.15, 0.2) is 9.84 Å². The van der Waals surface area contributed by atoms with Gasteiger partial charge in [-0.05, 0) is 31.5 Å². The van der Waals surface area contributed by atoms with Crippen LogP contribution in [0.5, 0.6) is 0 Å². The van der Waals surface area contributed by atoms with E-state index in [2.05, 4.69) is 5.32 Å². The maximum Gasteiger partial charge on any atom is 0.238 e. The number of benzene rings is 1. The van der Waals surface area contributed by atoms with Crippen molar-refractivity contribution in [1.29, 1.82) is 0 Å². The number of sulfone groups is 1. The molecule has 1 unspecified atom stereocenters. The van der Waals surface area contributed by atoms with Crippen LogP contribution in [0, 0.1) is 0 Å². The average Bonchev–Trinajstić information content (AvgIpc) is 2.60. The molecular formula is C17H28N4O5S2. The minimum Gasteiger partial charge on any atom is -0.368 e. The van der Waals surface area contributed by atoms with Gasteiger partial charge in [-0.25, -0.2) is 22.0 Å². The van der Waals surface area contributed by atoms with E-state index in [0.717, 1.165) is 18.7 Å². The Morgan fingerprint density at radius 3 is 2.29 bits per heavy atom. The summed E-state index contributed by atoms with van der Waals surface area (Å²) in [6, 6.07) is 4.02. The Bertz CT molecular complexity index is 923. The fraction of sp³-hybridized carbons (Fsp3) is 0.588. The molecule has 1 aromatic rings. The fourth-order valence-corrected chi connectivity index (χ4v) is 4.53. The second kappa shape index (κ2) is 8.76. The summed E-state index contributed by atoms with van der Waals surface area (Å²) in [7, 11) is -7.66. The van der Waals surface area contributed by atoms with E-state index in [-0.39, 0.29) is 21.7 Å². The number of anilines is 1. The molecule has 9 nitrogen and oxygen atoms in total. The van der Waals surface area contributed by atoms with Gasteiger partial charge in [0.05, 0.1) is 22.0 Å². The zero-order valence-electron chi connectivity index (χ0n) is 16.4. The normalized spacial score (nSPS) is 17.4. The molecule has 1 amide bonds. The topological polar surface area (TPSA) is 130 Å². The summed E-state index contributed by atoms with van der Waals surface area (Å²) in [4.78, 5) is 15.6. The summed E-state index contributed by atoms with van der Waals surface area (Å²) in [5, 5.41) is 8.05. The van der Waals surface area contributed by atoms with Crippen molar-refractivity contribution < 1.29 is 21.6 Å². The number of amides is 1. The van der Waals surface area contributed by atoms with Crippen molar-refractivity contribution in [1.82, 2.24) is 10.2 Å². The van der Waals surface area contributed by atoms with Crippen LogP contribution >= 0.6 is 0 Å². The van der Waals surface area contributed by atoms with Crippen LogP contribution in [0.1, 0.15) is 20.3 Å². The zero-order chi connectivity index (χ0) is 21.1. The van der Waals surface area contributed by atoms with Crippen molar-refractivity contribution in [3.63, 3.8) is 0 Å². The first-order chi connectivity index (χ1) is 12.9. The Hall–Kier alpha value is -1.69. The summed E-state index contributed by atoms with van der Waals surface area (Å²) in [6.45, 7) is 6.48. The molecule has 1 heterocycles. The molecule has 3 N–H and O–H groups in total. The number of piperazine rings is 1. The molecule has 0 saturated carbocycles. The molecule has 0 radical (unpaired) electrons. The van der Waals surface area contributed by atoms with Crippen molar-refractivity contribution in [3.05, 3.63) is 18.2 Å². The first-order valence-corrected chi connectivity index (χ1v) is 12.5. The van der Waals surface area contributed by atoms with Gasteiger partial charge < -0.3 is 10.2 Å². The quantitative estimate of drug-likeness (QED) is 0.609. The van der Waals surface area contributed by atoms with Crippen LogP contribution in [0.3, 0.4) is 0 Å². The molecule has 1 atom stereocenters. The van der Waals surface area contributed by atoms with Crippen molar-refractivity contribution in [2.45, 2.75) is 36.1 Å². The Balaban J connectivity index is 2.13. The maximum atomic E-state index is 12.2. The van der Waals surface area contributed by atoms with Crippen LogP contribution in [-0.4, -0.2) is 72.7 Å². The van der Waals surface area contributed by atoms with Gasteiger partial charge in [0.1, 0.15) is 0 Å². The predicted molar refractivity (Wildman–Crippen MR) is 107 cm³/mol. The lowest BCUT2D eigenvalue weighted by atomic mass is 10.2. The number of carbonyl (C=O) groups is 1. The van der Waals surface area contributed by atoms with Gasteiger partial charge in [-0.15, -0.1) is 0 Å². The van der Waals surface area contributed by atoms with Crippen LogP contribution in [0.25, 0.3) is 0 Å². The fourth-order valence-electron chi connectivity index (χ4n) is 3.00. The van der Waals surface area contributed by atoms with E-state index < -0.39 is 19.9 Å². The van der Waals surface area contributed by atoms with Gasteiger partial charge in [-0.2, -0.15) is 0 Å². The highest BCUT2D eigenvalue weighted by atomic mass is 32.2. The third-order valence-electron chi connectivity index (χ3n) is 4.76. The van der Waals surface area contributed by atoms with Crippen molar-refractivity contribution in [3.8, 4) is 0 Å². The molecule has 28 heavy (non-hydrogen) atoms. The van der Waals surface area contributed by atoms with Gasteiger partial charge in [-0.3, -0.25) is 9.69 Å². The van der Waals surface area contributed by atoms with E-state index in [1.807, 2.05) is 23.6 Å². The Morgan fingerprint density at radius 1 is 1.18 bits per heavy atom. The third kappa shape index (κ3) is 5.90. The molecule has 1 saturated heterocycles. The van der Waals surface area contributed by atoms with Crippen molar-refractivity contribution in [2.75, 3.05) is 43.9 Å².